The Hall–Kier alpha value is 0.177. The van der Waals surface area contributed by atoms with Gasteiger partial charge in [-0.05, 0) is 25.4 Å². The van der Waals surface area contributed by atoms with Crippen molar-refractivity contribution in [1.82, 2.24) is 0 Å². The van der Waals surface area contributed by atoms with Gasteiger partial charge in [0.15, 0.2) is 9.04 Å². The Morgan fingerprint density at radius 2 is 2.00 bits per heavy atom. The van der Waals surface area contributed by atoms with Crippen molar-refractivity contribution in [2.45, 2.75) is 33.4 Å². The molecule has 0 aliphatic heterocycles. The van der Waals surface area contributed by atoms with Crippen molar-refractivity contribution in [3.63, 3.8) is 0 Å². The molecule has 0 saturated carbocycles. The molecular formula is C7H17OSi. The Bertz CT molecular complexity index is 53.9. The fraction of sp³-hybridized carbons (Fsp3) is 0.857. The summed E-state index contributed by atoms with van der Waals surface area (Å²) < 4.78 is 5.37. The van der Waals surface area contributed by atoms with Crippen LogP contribution in [-0.4, -0.2) is 9.04 Å². The summed E-state index contributed by atoms with van der Waals surface area (Å²) >= 11 is 0. The fourth-order valence-electron chi connectivity index (χ4n) is 0.440. The molecule has 2 heteroatoms. The van der Waals surface area contributed by atoms with Gasteiger partial charge in [0.05, 0.1) is 6.61 Å². The highest BCUT2D eigenvalue weighted by Crippen LogP contribution is 2.03. The zero-order valence-corrected chi connectivity index (χ0v) is 8.00. The van der Waals surface area contributed by atoms with Crippen LogP contribution in [0.5, 0.6) is 0 Å². The summed E-state index contributed by atoms with van der Waals surface area (Å²) in [6, 6.07) is 0. The van der Waals surface area contributed by atoms with E-state index in [0.29, 0.717) is 0 Å². The van der Waals surface area contributed by atoms with E-state index in [2.05, 4.69) is 26.9 Å². The third-order valence-electron chi connectivity index (χ3n) is 0.936. The van der Waals surface area contributed by atoms with Crippen molar-refractivity contribution in [1.29, 1.82) is 0 Å². The van der Waals surface area contributed by atoms with Crippen molar-refractivity contribution in [3.8, 4) is 0 Å². The lowest BCUT2D eigenvalue weighted by Gasteiger charge is -2.06. The highest BCUT2D eigenvalue weighted by molar-refractivity contribution is 6.48. The molecule has 0 rings (SSSR count). The van der Waals surface area contributed by atoms with Crippen LogP contribution >= 0.6 is 0 Å². The molecule has 0 fully saturated rings. The van der Waals surface area contributed by atoms with Gasteiger partial charge in [0.2, 0.25) is 0 Å². The van der Waals surface area contributed by atoms with Crippen molar-refractivity contribution < 1.29 is 4.43 Å². The maximum Gasteiger partial charge on any atom is 0.171 e. The summed E-state index contributed by atoms with van der Waals surface area (Å²) in [5.41, 5.74) is 0. The first-order chi connectivity index (χ1) is 4.13. The Morgan fingerprint density at radius 3 is 2.33 bits per heavy atom. The molecule has 0 aliphatic rings. The van der Waals surface area contributed by atoms with Crippen LogP contribution in [0.2, 0.25) is 13.1 Å². The highest BCUT2D eigenvalue weighted by atomic mass is 28.3. The Labute approximate surface area is 60.1 Å². The van der Waals surface area contributed by atoms with E-state index >= 15 is 0 Å². The van der Waals surface area contributed by atoms with Crippen LogP contribution in [0.3, 0.4) is 0 Å². The molecule has 0 unspecified atom stereocenters. The quantitative estimate of drug-likeness (QED) is 0.551. The average molecular weight is 145 g/mol. The Balaban J connectivity index is 2.91. The van der Waals surface area contributed by atoms with Gasteiger partial charge in [-0.3, -0.25) is 0 Å². The van der Waals surface area contributed by atoms with Crippen LogP contribution in [0.15, 0.2) is 0 Å². The standard InChI is InChI=1S/C7H17OSi/c1-7(2)5-6-8-9(3)4/h6-7,9H,5H2,1-4H3. The molecule has 0 atom stereocenters. The smallest absolute Gasteiger partial charge is 0.171 e. The number of hydrogen-bond donors (Lipinski definition) is 0. The lowest BCUT2D eigenvalue weighted by atomic mass is 10.2. The molecule has 0 N–H and O–H groups in total. The van der Waals surface area contributed by atoms with E-state index in [4.69, 9.17) is 4.43 Å². The minimum Gasteiger partial charge on any atom is -0.415 e. The predicted octanol–water partition coefficient (Wildman–Crippen LogP) is 2.19. The molecule has 0 aliphatic carbocycles. The maximum absolute atomic E-state index is 5.37. The van der Waals surface area contributed by atoms with E-state index in [1.165, 1.54) is 0 Å². The summed E-state index contributed by atoms with van der Waals surface area (Å²) in [5.74, 6) is 0.734. The largest absolute Gasteiger partial charge is 0.415 e. The van der Waals surface area contributed by atoms with Crippen molar-refractivity contribution in [3.05, 3.63) is 6.61 Å². The zero-order chi connectivity index (χ0) is 7.28. The van der Waals surface area contributed by atoms with Crippen LogP contribution < -0.4 is 0 Å². The summed E-state index contributed by atoms with van der Waals surface area (Å²) in [7, 11) is -0.785. The van der Waals surface area contributed by atoms with Gasteiger partial charge in [0.1, 0.15) is 0 Å². The van der Waals surface area contributed by atoms with E-state index in [0.717, 1.165) is 12.3 Å². The molecule has 0 aromatic rings. The molecule has 0 bridgehead atoms. The average Bonchev–Trinajstić information content (AvgIpc) is 1.63. The first-order valence-corrected chi connectivity index (χ1v) is 6.38. The first-order valence-electron chi connectivity index (χ1n) is 3.60. The van der Waals surface area contributed by atoms with Crippen LogP contribution in [0.4, 0.5) is 0 Å². The number of rotatable bonds is 4. The van der Waals surface area contributed by atoms with E-state index in [1.54, 1.807) is 0 Å². The van der Waals surface area contributed by atoms with Crippen molar-refractivity contribution in [2.75, 3.05) is 0 Å². The van der Waals surface area contributed by atoms with E-state index in [9.17, 15) is 0 Å². The zero-order valence-electron chi connectivity index (χ0n) is 6.85. The summed E-state index contributed by atoms with van der Waals surface area (Å²) in [4.78, 5) is 0. The molecule has 0 saturated heterocycles. The SMILES string of the molecule is CC(C)C[CH]O[SiH](C)C. The van der Waals surface area contributed by atoms with Gasteiger partial charge in [-0.1, -0.05) is 13.8 Å². The molecule has 0 aromatic carbocycles. The molecular weight excluding hydrogens is 128 g/mol. The molecule has 0 heterocycles. The van der Waals surface area contributed by atoms with Gasteiger partial charge >= 0.3 is 0 Å². The monoisotopic (exact) mass is 145 g/mol. The topological polar surface area (TPSA) is 9.23 Å². The summed E-state index contributed by atoms with van der Waals surface area (Å²) in [5, 5.41) is 0. The minimum absolute atomic E-state index is 0.734. The van der Waals surface area contributed by atoms with Gasteiger partial charge < -0.3 is 4.43 Å². The molecule has 0 aromatic heterocycles. The summed E-state index contributed by atoms with van der Waals surface area (Å²) in [6.07, 6.45) is 1.09. The fourth-order valence-corrected chi connectivity index (χ4v) is 0.936. The maximum atomic E-state index is 5.37. The van der Waals surface area contributed by atoms with Gasteiger partial charge in [0, 0.05) is 0 Å². The second kappa shape index (κ2) is 5.00. The van der Waals surface area contributed by atoms with Crippen LogP contribution in [-0.2, 0) is 4.43 Å². The predicted molar refractivity (Wildman–Crippen MR) is 43.7 cm³/mol. The normalized spacial score (nSPS) is 11.3. The second-order valence-electron chi connectivity index (χ2n) is 2.98. The minimum atomic E-state index is -0.785. The van der Waals surface area contributed by atoms with Crippen LogP contribution in [0.1, 0.15) is 20.3 Å². The van der Waals surface area contributed by atoms with E-state index < -0.39 is 9.04 Å². The third kappa shape index (κ3) is 8.18. The van der Waals surface area contributed by atoms with Crippen LogP contribution in [0.25, 0.3) is 0 Å². The highest BCUT2D eigenvalue weighted by Gasteiger charge is 1.97. The van der Waals surface area contributed by atoms with Crippen molar-refractivity contribution >= 4 is 9.04 Å². The molecule has 1 nitrogen and oxygen atoms in total. The Kier molecular flexibility index (Phi) is 5.10. The Morgan fingerprint density at radius 1 is 1.44 bits per heavy atom. The van der Waals surface area contributed by atoms with Crippen molar-refractivity contribution in [2.24, 2.45) is 5.92 Å². The second-order valence-corrected chi connectivity index (χ2v) is 5.35. The van der Waals surface area contributed by atoms with E-state index in [1.807, 2.05) is 6.61 Å². The summed E-state index contributed by atoms with van der Waals surface area (Å²) in [6.45, 7) is 10.7. The van der Waals surface area contributed by atoms with Gasteiger partial charge in [-0.2, -0.15) is 0 Å². The molecule has 0 amide bonds. The van der Waals surface area contributed by atoms with Gasteiger partial charge in [-0.25, -0.2) is 0 Å². The third-order valence-corrected chi connectivity index (χ3v) is 1.67. The molecule has 55 valence electrons. The van der Waals surface area contributed by atoms with Gasteiger partial charge in [0.25, 0.3) is 0 Å². The number of hydrogen-bond acceptors (Lipinski definition) is 1. The lowest BCUT2D eigenvalue weighted by molar-refractivity contribution is 0.377. The van der Waals surface area contributed by atoms with E-state index in [-0.39, 0.29) is 0 Å². The molecule has 9 heavy (non-hydrogen) atoms. The molecule has 1 radical (unpaired) electrons. The van der Waals surface area contributed by atoms with Crippen LogP contribution in [0, 0.1) is 12.5 Å². The molecule has 0 spiro atoms. The lowest BCUT2D eigenvalue weighted by Crippen LogP contribution is -2.05. The first kappa shape index (κ1) is 9.18. The van der Waals surface area contributed by atoms with Gasteiger partial charge in [-0.15, -0.1) is 0 Å².